The Morgan fingerprint density at radius 2 is 2.08 bits per heavy atom. The maximum absolute atomic E-state index is 11.0. The molecule has 0 bridgehead atoms. The molecule has 0 radical (unpaired) electrons. The molecule has 1 aliphatic rings. The predicted molar refractivity (Wildman–Crippen MR) is 49.4 cm³/mol. The molecule has 3 nitrogen and oxygen atoms in total. The number of carboxylic acid groups (broad SMARTS) is 1. The fraction of sp³-hybridized carbons (Fsp3) is 0.900. The number of hydrogen-bond acceptors (Lipinski definition) is 2. The molecule has 2 N–H and O–H groups in total. The Bertz CT molecular complexity index is 218. The third-order valence-corrected chi connectivity index (χ3v) is 3.35. The third-order valence-electron chi connectivity index (χ3n) is 3.35. The molecule has 1 rings (SSSR count). The van der Waals surface area contributed by atoms with E-state index in [1.807, 2.05) is 0 Å². The Kier molecular flexibility index (Phi) is 2.41. The van der Waals surface area contributed by atoms with E-state index in [4.69, 9.17) is 5.11 Å². The minimum absolute atomic E-state index is 0.127. The second-order valence-electron chi connectivity index (χ2n) is 4.83. The Morgan fingerprint density at radius 1 is 1.54 bits per heavy atom. The normalized spacial score (nSPS) is 34.9. The first-order chi connectivity index (χ1) is 5.78. The molecule has 2 atom stereocenters. The standard InChI is InChI=1S/C10H18O3/c1-9(2,8(11)12)7-5-4-6-10(7,3)13/h7,13H,4-6H2,1-3H3,(H,11,12). The summed E-state index contributed by atoms with van der Waals surface area (Å²) in [6, 6.07) is 0. The van der Waals surface area contributed by atoms with E-state index in [1.165, 1.54) is 0 Å². The number of aliphatic carboxylic acids is 1. The van der Waals surface area contributed by atoms with Gasteiger partial charge in [-0.05, 0) is 33.6 Å². The minimum Gasteiger partial charge on any atom is -0.481 e. The highest BCUT2D eigenvalue weighted by Gasteiger charge is 2.49. The summed E-state index contributed by atoms with van der Waals surface area (Å²) in [5.41, 5.74) is -1.62. The van der Waals surface area contributed by atoms with Crippen molar-refractivity contribution < 1.29 is 15.0 Å². The fourth-order valence-corrected chi connectivity index (χ4v) is 2.44. The first kappa shape index (κ1) is 10.5. The van der Waals surface area contributed by atoms with Crippen LogP contribution in [-0.2, 0) is 4.79 Å². The van der Waals surface area contributed by atoms with E-state index in [9.17, 15) is 9.90 Å². The van der Waals surface area contributed by atoms with Gasteiger partial charge in [-0.25, -0.2) is 0 Å². The lowest BCUT2D eigenvalue weighted by molar-refractivity contribution is -0.155. The summed E-state index contributed by atoms with van der Waals surface area (Å²) >= 11 is 0. The lowest BCUT2D eigenvalue weighted by Gasteiger charge is -2.35. The van der Waals surface area contributed by atoms with Crippen LogP contribution in [0.4, 0.5) is 0 Å². The highest BCUT2D eigenvalue weighted by atomic mass is 16.4. The molecule has 13 heavy (non-hydrogen) atoms. The zero-order valence-corrected chi connectivity index (χ0v) is 8.50. The molecule has 0 saturated heterocycles. The van der Waals surface area contributed by atoms with Crippen LogP contribution in [-0.4, -0.2) is 21.8 Å². The molecule has 0 aliphatic heterocycles. The van der Waals surface area contributed by atoms with Crippen LogP contribution in [0, 0.1) is 11.3 Å². The molecule has 1 saturated carbocycles. The summed E-state index contributed by atoms with van der Waals surface area (Å²) in [5.74, 6) is -0.947. The van der Waals surface area contributed by atoms with E-state index in [0.717, 1.165) is 12.8 Å². The predicted octanol–water partition coefficient (Wildman–Crippen LogP) is 1.65. The van der Waals surface area contributed by atoms with E-state index in [2.05, 4.69) is 0 Å². The van der Waals surface area contributed by atoms with Gasteiger partial charge in [0.25, 0.3) is 0 Å². The summed E-state index contributed by atoms with van der Waals surface area (Å²) in [5, 5.41) is 19.0. The molecule has 0 amide bonds. The van der Waals surface area contributed by atoms with E-state index in [0.29, 0.717) is 6.42 Å². The van der Waals surface area contributed by atoms with Gasteiger partial charge < -0.3 is 10.2 Å². The van der Waals surface area contributed by atoms with Crippen LogP contribution >= 0.6 is 0 Å². The largest absolute Gasteiger partial charge is 0.481 e. The van der Waals surface area contributed by atoms with Crippen LogP contribution in [0.3, 0.4) is 0 Å². The Labute approximate surface area is 78.8 Å². The molecular formula is C10H18O3. The van der Waals surface area contributed by atoms with Gasteiger partial charge in [-0.1, -0.05) is 6.42 Å². The average Bonchev–Trinajstić information content (AvgIpc) is 2.29. The number of hydrogen-bond donors (Lipinski definition) is 2. The Balaban J connectivity index is 2.88. The van der Waals surface area contributed by atoms with Gasteiger partial charge in [0, 0.05) is 5.92 Å². The minimum atomic E-state index is -0.820. The van der Waals surface area contributed by atoms with E-state index in [-0.39, 0.29) is 5.92 Å². The van der Waals surface area contributed by atoms with Crippen LogP contribution in [0.5, 0.6) is 0 Å². The van der Waals surface area contributed by atoms with E-state index < -0.39 is 17.0 Å². The lowest BCUT2D eigenvalue weighted by atomic mass is 9.72. The molecule has 0 heterocycles. The average molecular weight is 186 g/mol. The highest BCUT2D eigenvalue weighted by Crippen LogP contribution is 2.46. The number of rotatable bonds is 2. The van der Waals surface area contributed by atoms with Crippen LogP contribution in [0.15, 0.2) is 0 Å². The molecule has 0 spiro atoms. The smallest absolute Gasteiger partial charge is 0.309 e. The van der Waals surface area contributed by atoms with Crippen molar-refractivity contribution in [3.63, 3.8) is 0 Å². The van der Waals surface area contributed by atoms with E-state index >= 15 is 0 Å². The summed E-state index contributed by atoms with van der Waals surface area (Å²) in [6.07, 6.45) is 2.45. The quantitative estimate of drug-likeness (QED) is 0.689. The first-order valence-corrected chi connectivity index (χ1v) is 4.74. The van der Waals surface area contributed by atoms with Crippen molar-refractivity contribution in [3.05, 3.63) is 0 Å². The van der Waals surface area contributed by atoms with E-state index in [1.54, 1.807) is 20.8 Å². The number of carboxylic acids is 1. The first-order valence-electron chi connectivity index (χ1n) is 4.74. The summed E-state index contributed by atoms with van der Waals surface area (Å²) in [6.45, 7) is 5.13. The van der Waals surface area contributed by atoms with Crippen molar-refractivity contribution in [2.75, 3.05) is 0 Å². The van der Waals surface area contributed by atoms with Crippen molar-refractivity contribution in [2.24, 2.45) is 11.3 Å². The maximum Gasteiger partial charge on any atom is 0.309 e. The van der Waals surface area contributed by atoms with Crippen molar-refractivity contribution in [3.8, 4) is 0 Å². The van der Waals surface area contributed by atoms with Crippen LogP contribution in [0.25, 0.3) is 0 Å². The van der Waals surface area contributed by atoms with Gasteiger partial charge in [0.2, 0.25) is 0 Å². The molecule has 1 aliphatic carbocycles. The van der Waals surface area contributed by atoms with Crippen LogP contribution in [0.1, 0.15) is 40.0 Å². The van der Waals surface area contributed by atoms with Gasteiger partial charge in [0.1, 0.15) is 0 Å². The van der Waals surface area contributed by atoms with Gasteiger partial charge in [-0.3, -0.25) is 4.79 Å². The third kappa shape index (κ3) is 1.70. The molecule has 2 unspecified atom stereocenters. The van der Waals surface area contributed by atoms with Gasteiger partial charge in [0.05, 0.1) is 11.0 Å². The van der Waals surface area contributed by atoms with Gasteiger partial charge in [-0.2, -0.15) is 0 Å². The summed E-state index contributed by atoms with van der Waals surface area (Å²) in [7, 11) is 0. The molecule has 1 fully saturated rings. The highest BCUT2D eigenvalue weighted by molar-refractivity contribution is 5.74. The number of carbonyl (C=O) groups is 1. The second kappa shape index (κ2) is 2.98. The Morgan fingerprint density at radius 3 is 2.38 bits per heavy atom. The summed E-state index contributed by atoms with van der Waals surface area (Å²) < 4.78 is 0. The monoisotopic (exact) mass is 186 g/mol. The topological polar surface area (TPSA) is 57.5 Å². The lowest BCUT2D eigenvalue weighted by Crippen LogP contribution is -2.43. The maximum atomic E-state index is 11.0. The zero-order chi connectivity index (χ0) is 10.3. The molecule has 0 aromatic carbocycles. The molecule has 0 aromatic heterocycles. The van der Waals surface area contributed by atoms with Crippen LogP contribution in [0.2, 0.25) is 0 Å². The molecule has 3 heteroatoms. The van der Waals surface area contributed by atoms with Gasteiger partial charge >= 0.3 is 5.97 Å². The fourth-order valence-electron chi connectivity index (χ4n) is 2.44. The van der Waals surface area contributed by atoms with Gasteiger partial charge in [-0.15, -0.1) is 0 Å². The van der Waals surface area contributed by atoms with Crippen molar-refractivity contribution >= 4 is 5.97 Å². The SMILES string of the molecule is CC1(O)CCCC1C(C)(C)C(=O)O. The van der Waals surface area contributed by atoms with Crippen molar-refractivity contribution in [1.82, 2.24) is 0 Å². The van der Waals surface area contributed by atoms with Crippen molar-refractivity contribution in [1.29, 1.82) is 0 Å². The molecule has 0 aromatic rings. The molecule has 76 valence electrons. The zero-order valence-electron chi connectivity index (χ0n) is 8.50. The summed E-state index contributed by atoms with van der Waals surface area (Å²) in [4.78, 5) is 11.0. The van der Waals surface area contributed by atoms with Crippen LogP contribution < -0.4 is 0 Å². The Hall–Kier alpha value is -0.570. The second-order valence-corrected chi connectivity index (χ2v) is 4.83. The molecular weight excluding hydrogens is 168 g/mol. The van der Waals surface area contributed by atoms with Gasteiger partial charge in [0.15, 0.2) is 0 Å². The number of aliphatic hydroxyl groups is 1. The van der Waals surface area contributed by atoms with Crippen molar-refractivity contribution in [2.45, 2.75) is 45.6 Å².